The molecule has 2 heteroatoms. The highest BCUT2D eigenvalue weighted by Crippen LogP contribution is 2.39. The van der Waals surface area contributed by atoms with Crippen LogP contribution in [0.25, 0.3) is 0 Å². The second-order valence-electron chi connectivity index (χ2n) is 5.61. The first-order valence-corrected chi connectivity index (χ1v) is 7.39. The first kappa shape index (κ1) is 13.2. The molecule has 0 atom stereocenters. The lowest BCUT2D eigenvalue weighted by Gasteiger charge is -2.06. The maximum atomic E-state index is 9.23. The highest BCUT2D eigenvalue weighted by Gasteiger charge is 2.22. The summed E-state index contributed by atoms with van der Waals surface area (Å²) in [6.45, 7) is 1.87. The lowest BCUT2D eigenvalue weighted by Crippen LogP contribution is -2.16. The van der Waals surface area contributed by atoms with Gasteiger partial charge >= 0.3 is 0 Å². The Hall–Kier alpha value is -1.80. The number of phenolic OH excluding ortho intramolecular Hbond substituents is 1. The molecule has 3 rings (SSSR count). The maximum absolute atomic E-state index is 9.23. The van der Waals surface area contributed by atoms with E-state index in [1.165, 1.54) is 29.5 Å². The Balaban J connectivity index is 1.41. The molecule has 0 aliphatic heterocycles. The van der Waals surface area contributed by atoms with Gasteiger partial charge in [-0.15, -0.1) is 0 Å². The summed E-state index contributed by atoms with van der Waals surface area (Å²) in [5.74, 6) is 1.17. The summed E-state index contributed by atoms with van der Waals surface area (Å²) in [7, 11) is 0. The van der Waals surface area contributed by atoms with Crippen molar-refractivity contribution in [1.82, 2.24) is 5.32 Å². The minimum atomic E-state index is 0.331. The third kappa shape index (κ3) is 3.61. The van der Waals surface area contributed by atoms with E-state index in [-0.39, 0.29) is 0 Å². The van der Waals surface area contributed by atoms with Crippen LogP contribution in [0.4, 0.5) is 0 Å². The Bertz CT molecular complexity index is 541. The molecule has 20 heavy (non-hydrogen) atoms. The number of aromatic hydroxyl groups is 1. The molecule has 0 amide bonds. The SMILES string of the molecule is Oc1ccc(CCNCc2ccc(C3CC3)cc2)cc1. The average Bonchev–Trinajstić information content (AvgIpc) is 3.31. The van der Waals surface area contributed by atoms with Gasteiger partial charge in [-0.2, -0.15) is 0 Å². The molecule has 1 aliphatic rings. The molecule has 0 aromatic heterocycles. The fraction of sp³-hybridized carbons (Fsp3) is 0.333. The standard InChI is InChI=1S/C18H21NO/c20-18-9-3-14(4-10-18)11-12-19-13-15-1-5-16(6-2-15)17-7-8-17/h1-6,9-10,17,19-20H,7-8,11-13H2. The van der Waals surface area contributed by atoms with Crippen LogP contribution in [-0.2, 0) is 13.0 Å². The van der Waals surface area contributed by atoms with Crippen LogP contribution in [0.3, 0.4) is 0 Å². The van der Waals surface area contributed by atoms with Crippen molar-refractivity contribution in [3.05, 3.63) is 65.2 Å². The number of phenols is 1. The largest absolute Gasteiger partial charge is 0.508 e. The number of hydrogen-bond donors (Lipinski definition) is 2. The van der Waals surface area contributed by atoms with E-state index in [2.05, 4.69) is 29.6 Å². The van der Waals surface area contributed by atoms with Gasteiger partial charge in [-0.25, -0.2) is 0 Å². The Morgan fingerprint density at radius 2 is 1.55 bits per heavy atom. The van der Waals surface area contributed by atoms with Crippen molar-refractivity contribution < 1.29 is 5.11 Å². The lowest BCUT2D eigenvalue weighted by molar-refractivity contribution is 0.475. The summed E-state index contributed by atoms with van der Waals surface area (Å²) in [5.41, 5.74) is 4.09. The zero-order valence-electron chi connectivity index (χ0n) is 11.7. The molecule has 2 nitrogen and oxygen atoms in total. The van der Waals surface area contributed by atoms with Crippen molar-refractivity contribution >= 4 is 0 Å². The van der Waals surface area contributed by atoms with E-state index < -0.39 is 0 Å². The van der Waals surface area contributed by atoms with Gasteiger partial charge in [-0.1, -0.05) is 36.4 Å². The molecular formula is C18H21NO. The molecule has 1 fully saturated rings. The van der Waals surface area contributed by atoms with Gasteiger partial charge in [0.1, 0.15) is 5.75 Å². The maximum Gasteiger partial charge on any atom is 0.115 e. The summed E-state index contributed by atoms with van der Waals surface area (Å²) in [5, 5.41) is 12.7. The van der Waals surface area contributed by atoms with Gasteiger partial charge in [0.2, 0.25) is 0 Å². The van der Waals surface area contributed by atoms with Crippen molar-refractivity contribution in [2.24, 2.45) is 0 Å². The Labute approximate surface area is 120 Å². The van der Waals surface area contributed by atoms with E-state index >= 15 is 0 Å². The van der Waals surface area contributed by atoms with Crippen LogP contribution in [0.1, 0.15) is 35.4 Å². The predicted molar refractivity (Wildman–Crippen MR) is 81.9 cm³/mol. The van der Waals surface area contributed by atoms with Crippen LogP contribution in [-0.4, -0.2) is 11.7 Å². The smallest absolute Gasteiger partial charge is 0.115 e. The molecule has 0 saturated heterocycles. The predicted octanol–water partition coefficient (Wildman–Crippen LogP) is 3.60. The van der Waals surface area contributed by atoms with Crippen LogP contribution in [0.5, 0.6) is 5.75 Å². The van der Waals surface area contributed by atoms with Crippen molar-refractivity contribution in [2.45, 2.75) is 31.7 Å². The summed E-state index contributed by atoms with van der Waals surface area (Å²) in [6.07, 6.45) is 3.72. The third-order valence-electron chi connectivity index (χ3n) is 3.88. The number of rotatable bonds is 6. The molecule has 2 aromatic carbocycles. The van der Waals surface area contributed by atoms with Crippen LogP contribution in [0, 0.1) is 0 Å². The van der Waals surface area contributed by atoms with Gasteiger partial charge in [0.25, 0.3) is 0 Å². The summed E-state index contributed by atoms with van der Waals surface area (Å²) >= 11 is 0. The molecule has 0 unspecified atom stereocenters. The van der Waals surface area contributed by atoms with E-state index in [1.807, 2.05) is 12.1 Å². The molecule has 0 heterocycles. The van der Waals surface area contributed by atoms with E-state index in [0.29, 0.717) is 5.75 Å². The molecule has 0 spiro atoms. The molecule has 104 valence electrons. The minimum Gasteiger partial charge on any atom is -0.508 e. The lowest BCUT2D eigenvalue weighted by atomic mass is 10.1. The van der Waals surface area contributed by atoms with E-state index in [1.54, 1.807) is 12.1 Å². The van der Waals surface area contributed by atoms with Crippen molar-refractivity contribution in [3.8, 4) is 5.75 Å². The van der Waals surface area contributed by atoms with Gasteiger partial charge < -0.3 is 10.4 Å². The van der Waals surface area contributed by atoms with Crippen LogP contribution < -0.4 is 5.32 Å². The minimum absolute atomic E-state index is 0.331. The first-order chi connectivity index (χ1) is 9.81. The molecule has 2 aromatic rings. The van der Waals surface area contributed by atoms with Crippen molar-refractivity contribution in [3.63, 3.8) is 0 Å². The monoisotopic (exact) mass is 267 g/mol. The Morgan fingerprint density at radius 1 is 0.900 bits per heavy atom. The van der Waals surface area contributed by atoms with Gasteiger partial charge in [-0.3, -0.25) is 0 Å². The van der Waals surface area contributed by atoms with Crippen LogP contribution in [0.15, 0.2) is 48.5 Å². The summed E-state index contributed by atoms with van der Waals surface area (Å²) in [4.78, 5) is 0. The summed E-state index contributed by atoms with van der Waals surface area (Å²) < 4.78 is 0. The van der Waals surface area contributed by atoms with Gasteiger partial charge in [0.05, 0.1) is 0 Å². The highest BCUT2D eigenvalue weighted by molar-refractivity contribution is 5.28. The molecule has 0 radical (unpaired) electrons. The third-order valence-corrected chi connectivity index (χ3v) is 3.88. The number of hydrogen-bond acceptors (Lipinski definition) is 2. The second kappa shape index (κ2) is 6.10. The fourth-order valence-corrected chi connectivity index (χ4v) is 2.45. The van der Waals surface area contributed by atoms with E-state index in [0.717, 1.165) is 25.4 Å². The van der Waals surface area contributed by atoms with Gasteiger partial charge in [-0.05, 0) is 60.5 Å². The number of benzene rings is 2. The molecule has 2 N–H and O–H groups in total. The molecule has 1 aliphatic carbocycles. The molecule has 1 saturated carbocycles. The topological polar surface area (TPSA) is 32.3 Å². The normalized spacial score (nSPS) is 14.4. The average molecular weight is 267 g/mol. The second-order valence-corrected chi connectivity index (χ2v) is 5.61. The zero-order chi connectivity index (χ0) is 13.8. The van der Waals surface area contributed by atoms with Crippen molar-refractivity contribution in [2.75, 3.05) is 6.54 Å². The summed E-state index contributed by atoms with van der Waals surface area (Å²) in [6, 6.07) is 16.5. The molecule has 0 bridgehead atoms. The highest BCUT2D eigenvalue weighted by atomic mass is 16.3. The quantitative estimate of drug-likeness (QED) is 0.784. The number of nitrogens with one attached hydrogen (secondary N) is 1. The van der Waals surface area contributed by atoms with Gasteiger partial charge in [0.15, 0.2) is 0 Å². The Kier molecular flexibility index (Phi) is 4.03. The van der Waals surface area contributed by atoms with E-state index in [9.17, 15) is 5.11 Å². The first-order valence-electron chi connectivity index (χ1n) is 7.39. The van der Waals surface area contributed by atoms with Crippen molar-refractivity contribution in [1.29, 1.82) is 0 Å². The van der Waals surface area contributed by atoms with Crippen LogP contribution >= 0.6 is 0 Å². The van der Waals surface area contributed by atoms with Gasteiger partial charge in [0, 0.05) is 6.54 Å². The fourth-order valence-electron chi connectivity index (χ4n) is 2.45. The molecular weight excluding hydrogens is 246 g/mol. The zero-order valence-corrected chi connectivity index (χ0v) is 11.7. The Morgan fingerprint density at radius 3 is 2.20 bits per heavy atom. The van der Waals surface area contributed by atoms with E-state index in [4.69, 9.17) is 0 Å². The van der Waals surface area contributed by atoms with Crippen LogP contribution in [0.2, 0.25) is 0 Å².